The van der Waals surface area contributed by atoms with Crippen molar-refractivity contribution < 1.29 is 19.0 Å². The van der Waals surface area contributed by atoms with Gasteiger partial charge in [0.05, 0.1) is 24.3 Å². The highest BCUT2D eigenvalue weighted by Gasteiger charge is 2.32. The molecule has 7 heteroatoms. The van der Waals surface area contributed by atoms with E-state index in [2.05, 4.69) is 16.3 Å². The maximum absolute atomic E-state index is 11.8. The molecule has 0 aromatic heterocycles. The van der Waals surface area contributed by atoms with Crippen LogP contribution in [0.3, 0.4) is 0 Å². The van der Waals surface area contributed by atoms with E-state index in [1.54, 1.807) is 14.2 Å². The third-order valence-corrected chi connectivity index (χ3v) is 5.54. The van der Waals surface area contributed by atoms with Crippen LogP contribution < -0.4 is 10.1 Å². The predicted molar refractivity (Wildman–Crippen MR) is 109 cm³/mol. The number of allylic oxidation sites excluding steroid dienone is 2. The zero-order valence-corrected chi connectivity index (χ0v) is 17.3. The number of nitriles is 1. The van der Waals surface area contributed by atoms with Crippen molar-refractivity contribution in [2.75, 3.05) is 39.7 Å². The Labute approximate surface area is 171 Å². The van der Waals surface area contributed by atoms with Crippen molar-refractivity contribution in [3.8, 4) is 11.8 Å². The molecular weight excluding hydrogens is 370 g/mol. The van der Waals surface area contributed by atoms with Gasteiger partial charge in [-0.2, -0.15) is 5.26 Å². The average molecular weight is 397 g/mol. The van der Waals surface area contributed by atoms with Crippen molar-refractivity contribution in [2.45, 2.75) is 25.5 Å². The SMILES string of the molecule is CNc1cc(CN2CC[C@@H](C(=O)OC)C2)cc(C#N)c1OC1=CC=CC1(C)OC. The number of likely N-dealkylation sites (tertiary alicyclic amines) is 1. The van der Waals surface area contributed by atoms with Crippen LogP contribution in [-0.2, 0) is 20.8 Å². The van der Waals surface area contributed by atoms with Gasteiger partial charge in [0.25, 0.3) is 0 Å². The molecule has 1 heterocycles. The lowest BCUT2D eigenvalue weighted by atomic mass is 10.1. The smallest absolute Gasteiger partial charge is 0.310 e. The van der Waals surface area contributed by atoms with E-state index in [0.29, 0.717) is 30.2 Å². The number of hydrogen-bond donors (Lipinski definition) is 1. The molecule has 1 aromatic carbocycles. The maximum Gasteiger partial charge on any atom is 0.310 e. The lowest BCUT2D eigenvalue weighted by molar-refractivity contribution is -0.144. The van der Waals surface area contributed by atoms with Crippen LogP contribution in [0.15, 0.2) is 36.1 Å². The molecule has 0 bridgehead atoms. The summed E-state index contributed by atoms with van der Waals surface area (Å²) in [5, 5.41) is 12.9. The van der Waals surface area contributed by atoms with Gasteiger partial charge in [-0.25, -0.2) is 0 Å². The molecule has 1 N–H and O–H groups in total. The first-order chi connectivity index (χ1) is 13.9. The van der Waals surface area contributed by atoms with E-state index < -0.39 is 5.60 Å². The first-order valence-corrected chi connectivity index (χ1v) is 9.62. The van der Waals surface area contributed by atoms with Crippen LogP contribution >= 0.6 is 0 Å². The standard InChI is InChI=1S/C22H27N3O4/c1-22(28-4)8-5-6-19(22)29-20-17(12-23)10-15(11-18(20)24-2)13-25-9-7-16(14-25)21(26)27-3/h5-6,8,10-11,16,24H,7,9,13-14H2,1-4H3/t16-,22?/m1/s1. The number of rotatable bonds is 7. The summed E-state index contributed by atoms with van der Waals surface area (Å²) in [5.74, 6) is 0.854. The minimum Gasteiger partial charge on any atom is -0.469 e. The zero-order chi connectivity index (χ0) is 21.0. The van der Waals surface area contributed by atoms with Crippen LogP contribution in [0.1, 0.15) is 24.5 Å². The van der Waals surface area contributed by atoms with Gasteiger partial charge in [0, 0.05) is 27.2 Å². The van der Waals surface area contributed by atoms with E-state index in [4.69, 9.17) is 14.2 Å². The first-order valence-electron chi connectivity index (χ1n) is 9.62. The van der Waals surface area contributed by atoms with Crippen molar-refractivity contribution in [1.82, 2.24) is 4.90 Å². The van der Waals surface area contributed by atoms with Crippen LogP contribution in [-0.4, -0.2) is 50.8 Å². The second-order valence-corrected chi connectivity index (χ2v) is 7.43. The molecule has 1 saturated heterocycles. The second kappa shape index (κ2) is 8.68. The molecule has 1 unspecified atom stereocenters. The van der Waals surface area contributed by atoms with E-state index in [-0.39, 0.29) is 11.9 Å². The first kappa shape index (κ1) is 20.9. The molecule has 1 aliphatic carbocycles. The zero-order valence-electron chi connectivity index (χ0n) is 17.3. The van der Waals surface area contributed by atoms with Gasteiger partial charge >= 0.3 is 5.97 Å². The van der Waals surface area contributed by atoms with Gasteiger partial charge < -0.3 is 19.5 Å². The highest BCUT2D eigenvalue weighted by molar-refractivity contribution is 5.73. The molecule has 0 amide bonds. The van der Waals surface area contributed by atoms with E-state index in [1.165, 1.54) is 7.11 Å². The Morgan fingerprint density at radius 3 is 2.86 bits per heavy atom. The molecule has 7 nitrogen and oxygen atoms in total. The summed E-state index contributed by atoms with van der Waals surface area (Å²) in [6, 6.07) is 6.07. The van der Waals surface area contributed by atoms with E-state index in [0.717, 1.165) is 24.2 Å². The van der Waals surface area contributed by atoms with Gasteiger partial charge in [-0.15, -0.1) is 0 Å². The predicted octanol–water partition coefficient (Wildman–Crippen LogP) is 2.83. The summed E-state index contributed by atoms with van der Waals surface area (Å²) in [6.07, 6.45) is 6.42. The van der Waals surface area contributed by atoms with Crippen molar-refractivity contribution in [1.29, 1.82) is 5.26 Å². The van der Waals surface area contributed by atoms with Gasteiger partial charge in [-0.05, 0) is 49.7 Å². The number of hydrogen-bond acceptors (Lipinski definition) is 7. The summed E-state index contributed by atoms with van der Waals surface area (Å²) >= 11 is 0. The number of benzene rings is 1. The Balaban J connectivity index is 1.81. The van der Waals surface area contributed by atoms with Crippen molar-refractivity contribution >= 4 is 11.7 Å². The fourth-order valence-corrected chi connectivity index (χ4v) is 3.73. The van der Waals surface area contributed by atoms with Crippen LogP contribution in [0, 0.1) is 17.2 Å². The van der Waals surface area contributed by atoms with E-state index in [9.17, 15) is 10.1 Å². The third kappa shape index (κ3) is 4.29. The molecular formula is C22H27N3O4. The molecule has 1 aliphatic heterocycles. The highest BCUT2D eigenvalue weighted by Crippen LogP contribution is 2.37. The lowest BCUT2D eigenvalue weighted by Crippen LogP contribution is -2.28. The van der Waals surface area contributed by atoms with E-state index >= 15 is 0 Å². The Hall–Kier alpha value is -2.82. The van der Waals surface area contributed by atoms with Gasteiger partial charge in [0.15, 0.2) is 5.75 Å². The third-order valence-electron chi connectivity index (χ3n) is 5.54. The average Bonchev–Trinajstić information content (AvgIpc) is 3.35. The van der Waals surface area contributed by atoms with Crippen molar-refractivity contribution in [2.24, 2.45) is 5.92 Å². The normalized spacial score (nSPS) is 23.6. The van der Waals surface area contributed by atoms with Gasteiger partial charge in [0.2, 0.25) is 0 Å². The number of anilines is 1. The monoisotopic (exact) mass is 397 g/mol. The summed E-state index contributed by atoms with van der Waals surface area (Å²) < 4.78 is 16.5. The molecule has 154 valence electrons. The molecule has 3 rings (SSSR count). The Morgan fingerprint density at radius 1 is 1.41 bits per heavy atom. The van der Waals surface area contributed by atoms with E-state index in [1.807, 2.05) is 37.3 Å². The van der Waals surface area contributed by atoms with Crippen molar-refractivity contribution in [3.63, 3.8) is 0 Å². The molecule has 2 aliphatic rings. The summed E-state index contributed by atoms with van der Waals surface area (Å²) in [7, 11) is 4.84. The van der Waals surface area contributed by atoms with Crippen LogP contribution in [0.2, 0.25) is 0 Å². The number of ether oxygens (including phenoxy) is 3. The lowest BCUT2D eigenvalue weighted by Gasteiger charge is -2.26. The number of nitrogens with zero attached hydrogens (tertiary/aromatic N) is 2. The summed E-state index contributed by atoms with van der Waals surface area (Å²) in [4.78, 5) is 14.0. The molecule has 0 radical (unpaired) electrons. The molecule has 1 fully saturated rings. The Kier molecular flexibility index (Phi) is 6.26. The minimum absolute atomic E-state index is 0.0876. The maximum atomic E-state index is 11.8. The van der Waals surface area contributed by atoms with Crippen molar-refractivity contribution in [3.05, 3.63) is 47.2 Å². The van der Waals surface area contributed by atoms with Crippen LogP contribution in [0.5, 0.6) is 5.75 Å². The fourth-order valence-electron chi connectivity index (χ4n) is 3.73. The van der Waals surface area contributed by atoms with Gasteiger partial charge in [-0.3, -0.25) is 9.69 Å². The molecule has 29 heavy (non-hydrogen) atoms. The Morgan fingerprint density at radius 2 is 2.21 bits per heavy atom. The number of carbonyl (C=O) groups is 1. The molecule has 0 saturated carbocycles. The summed E-state index contributed by atoms with van der Waals surface area (Å²) in [5.41, 5.74) is 1.50. The summed E-state index contributed by atoms with van der Waals surface area (Å²) in [6.45, 7) is 4.04. The number of esters is 1. The van der Waals surface area contributed by atoms with Crippen LogP contribution in [0.4, 0.5) is 5.69 Å². The van der Waals surface area contributed by atoms with Gasteiger partial charge in [-0.1, -0.05) is 6.08 Å². The quantitative estimate of drug-likeness (QED) is 0.708. The number of carbonyl (C=O) groups excluding carboxylic acids is 1. The highest BCUT2D eigenvalue weighted by atomic mass is 16.5. The number of methoxy groups -OCH3 is 2. The number of nitrogens with one attached hydrogen (secondary N) is 1. The largest absolute Gasteiger partial charge is 0.469 e. The Bertz CT molecular complexity index is 887. The van der Waals surface area contributed by atoms with Crippen LogP contribution in [0.25, 0.3) is 0 Å². The fraction of sp³-hybridized carbons (Fsp3) is 0.455. The minimum atomic E-state index is -0.658. The second-order valence-electron chi connectivity index (χ2n) is 7.43. The topological polar surface area (TPSA) is 83.8 Å². The molecule has 2 atom stereocenters. The van der Waals surface area contributed by atoms with Gasteiger partial charge in [0.1, 0.15) is 17.4 Å². The molecule has 1 aromatic rings. The molecule has 0 spiro atoms.